The van der Waals surface area contributed by atoms with Gasteiger partial charge < -0.3 is 9.47 Å². The van der Waals surface area contributed by atoms with Gasteiger partial charge in [-0.3, -0.25) is 4.79 Å². The smallest absolute Gasteiger partial charge is 0.339 e. The number of halogens is 1. The number of hydrogen-bond donors (Lipinski definition) is 0. The number of Topliss-reactive ketones (excluding diaryl/α,β-unsaturated/α-hetero) is 1. The van der Waals surface area contributed by atoms with Gasteiger partial charge in [0.15, 0.2) is 11.9 Å². The van der Waals surface area contributed by atoms with Crippen LogP contribution in [0.25, 0.3) is 11.1 Å². The zero-order chi connectivity index (χ0) is 21.2. The number of carbonyl (C=O) groups excluding carboxylic acids is 2. The van der Waals surface area contributed by atoms with Crippen molar-refractivity contribution in [2.75, 3.05) is 7.11 Å². The molecule has 0 radical (unpaired) electrons. The summed E-state index contributed by atoms with van der Waals surface area (Å²) in [5.41, 5.74) is 3.13. The summed E-state index contributed by atoms with van der Waals surface area (Å²) in [7, 11) is 1.32. The first-order valence-corrected chi connectivity index (χ1v) is 9.37. The maximum Gasteiger partial charge on any atom is 0.339 e. The van der Waals surface area contributed by atoms with Crippen molar-refractivity contribution in [1.82, 2.24) is 4.98 Å². The van der Waals surface area contributed by atoms with Gasteiger partial charge in [-0.15, -0.1) is 0 Å². The van der Waals surface area contributed by atoms with Crippen molar-refractivity contribution < 1.29 is 19.1 Å². The number of carbonyl (C=O) groups is 2. The molecule has 0 N–H and O–H groups in total. The average molecular weight is 404 g/mol. The van der Waals surface area contributed by atoms with Gasteiger partial charge >= 0.3 is 5.97 Å². The molecular formula is C22H26ClNO4. The number of rotatable bonds is 5. The van der Waals surface area contributed by atoms with E-state index in [9.17, 15) is 9.59 Å². The number of methoxy groups -OCH3 is 1. The molecule has 28 heavy (non-hydrogen) atoms. The Labute approximate surface area is 171 Å². The van der Waals surface area contributed by atoms with Crippen LogP contribution in [-0.4, -0.2) is 29.4 Å². The third-order valence-electron chi connectivity index (χ3n) is 4.28. The minimum atomic E-state index is -0.983. The van der Waals surface area contributed by atoms with Gasteiger partial charge in [0, 0.05) is 23.2 Å². The van der Waals surface area contributed by atoms with E-state index in [2.05, 4.69) is 4.98 Å². The molecule has 0 bridgehead atoms. The highest BCUT2D eigenvalue weighted by molar-refractivity contribution is 6.30. The number of esters is 1. The molecule has 1 atom stereocenters. The van der Waals surface area contributed by atoms with E-state index in [1.807, 2.05) is 39.8 Å². The molecule has 5 nitrogen and oxygen atoms in total. The second-order valence-corrected chi connectivity index (χ2v) is 8.09. The van der Waals surface area contributed by atoms with Gasteiger partial charge in [-0.1, -0.05) is 23.7 Å². The van der Waals surface area contributed by atoms with E-state index in [-0.39, 0.29) is 5.78 Å². The topological polar surface area (TPSA) is 65.5 Å². The number of nitrogens with zero attached hydrogens (tertiary/aromatic N) is 1. The van der Waals surface area contributed by atoms with Crippen molar-refractivity contribution in [1.29, 1.82) is 0 Å². The van der Waals surface area contributed by atoms with E-state index in [4.69, 9.17) is 21.1 Å². The van der Waals surface area contributed by atoms with Gasteiger partial charge in [0.2, 0.25) is 0 Å². The quantitative estimate of drug-likeness (QED) is 0.503. The molecule has 0 saturated heterocycles. The lowest BCUT2D eigenvalue weighted by atomic mass is 9.89. The maximum atomic E-state index is 12.6. The molecule has 1 aromatic carbocycles. The molecule has 6 heteroatoms. The van der Waals surface area contributed by atoms with Crippen molar-refractivity contribution in [3.8, 4) is 11.1 Å². The van der Waals surface area contributed by atoms with Gasteiger partial charge in [-0.25, -0.2) is 9.78 Å². The molecule has 150 valence electrons. The van der Waals surface area contributed by atoms with Gasteiger partial charge in [0.25, 0.3) is 0 Å². The predicted octanol–water partition coefficient (Wildman–Crippen LogP) is 5.25. The molecule has 0 saturated carbocycles. The first-order chi connectivity index (χ1) is 13.0. The number of pyridine rings is 1. The minimum Gasteiger partial charge on any atom is -0.467 e. The SMILES string of the molecule is COC(=O)C(OC(C)(C)C)c1c(C)nc(C(C)=O)c(C)c1-c1ccc(Cl)cc1. The molecule has 0 fully saturated rings. The standard InChI is InChI=1S/C22H26ClNO4/c1-12-17(15-8-10-16(23)11-9-15)18(13(2)24-19(12)14(3)25)20(21(26)27-7)28-22(4,5)6/h8-11,20H,1-7H3. The third kappa shape index (κ3) is 4.78. The molecule has 1 aromatic heterocycles. The molecule has 2 rings (SSSR count). The van der Waals surface area contributed by atoms with Crippen LogP contribution < -0.4 is 0 Å². The fourth-order valence-electron chi connectivity index (χ4n) is 3.15. The normalized spacial score (nSPS) is 12.6. The molecule has 0 amide bonds. The Balaban J connectivity index is 2.87. The number of aryl methyl sites for hydroxylation is 1. The van der Waals surface area contributed by atoms with Gasteiger partial charge in [-0.2, -0.15) is 0 Å². The molecule has 0 aliphatic rings. The lowest BCUT2D eigenvalue weighted by Crippen LogP contribution is -2.29. The third-order valence-corrected chi connectivity index (χ3v) is 4.54. The summed E-state index contributed by atoms with van der Waals surface area (Å²) >= 11 is 6.05. The Morgan fingerprint density at radius 2 is 1.68 bits per heavy atom. The zero-order valence-electron chi connectivity index (χ0n) is 17.3. The van der Waals surface area contributed by atoms with E-state index in [0.29, 0.717) is 27.5 Å². The minimum absolute atomic E-state index is 0.145. The summed E-state index contributed by atoms with van der Waals surface area (Å²) in [5, 5.41) is 0.594. The lowest BCUT2D eigenvalue weighted by Gasteiger charge is -2.29. The monoisotopic (exact) mass is 403 g/mol. The fourth-order valence-corrected chi connectivity index (χ4v) is 3.28. The van der Waals surface area contributed by atoms with Crippen molar-refractivity contribution in [2.45, 2.75) is 53.2 Å². The second-order valence-electron chi connectivity index (χ2n) is 7.66. The highest BCUT2D eigenvalue weighted by Crippen LogP contribution is 2.38. The first-order valence-electron chi connectivity index (χ1n) is 9.00. The van der Waals surface area contributed by atoms with E-state index < -0.39 is 17.7 Å². The van der Waals surface area contributed by atoms with E-state index in [1.165, 1.54) is 14.0 Å². The second kappa shape index (κ2) is 8.41. The maximum absolute atomic E-state index is 12.6. The summed E-state index contributed by atoms with van der Waals surface area (Å²) in [4.78, 5) is 29.3. The number of hydrogen-bond acceptors (Lipinski definition) is 5. The summed E-state index contributed by atoms with van der Waals surface area (Å²) in [6.45, 7) is 10.7. The Bertz CT molecular complexity index is 898. The van der Waals surface area contributed by atoms with Gasteiger partial charge in [0.1, 0.15) is 5.69 Å². The molecule has 2 aromatic rings. The highest BCUT2D eigenvalue weighted by Gasteiger charge is 2.33. The van der Waals surface area contributed by atoms with Crippen LogP contribution in [0.2, 0.25) is 5.02 Å². The Morgan fingerprint density at radius 3 is 2.14 bits per heavy atom. The fraction of sp³-hybridized carbons (Fsp3) is 0.409. The van der Waals surface area contributed by atoms with Crippen LogP contribution in [0.1, 0.15) is 61.1 Å². The Hall–Kier alpha value is -2.24. The van der Waals surface area contributed by atoms with Gasteiger partial charge in [-0.05, 0) is 63.4 Å². The first kappa shape index (κ1) is 22.1. The van der Waals surface area contributed by atoms with Crippen LogP contribution in [0.5, 0.6) is 0 Å². The lowest BCUT2D eigenvalue weighted by molar-refractivity contribution is -0.164. The summed E-state index contributed by atoms with van der Waals surface area (Å²) in [6, 6.07) is 7.23. The van der Waals surface area contributed by atoms with E-state index >= 15 is 0 Å². The Kier molecular flexibility index (Phi) is 6.63. The molecule has 0 aliphatic heterocycles. The molecular weight excluding hydrogens is 378 g/mol. The van der Waals surface area contributed by atoms with E-state index in [1.54, 1.807) is 19.1 Å². The molecule has 1 unspecified atom stereocenters. The van der Waals surface area contributed by atoms with Crippen molar-refractivity contribution in [3.05, 3.63) is 51.8 Å². The van der Waals surface area contributed by atoms with Crippen LogP contribution in [0.4, 0.5) is 0 Å². The summed E-state index contributed by atoms with van der Waals surface area (Å²) < 4.78 is 11.1. The molecule has 1 heterocycles. The van der Waals surface area contributed by atoms with Crippen LogP contribution in [-0.2, 0) is 14.3 Å². The molecule has 0 aliphatic carbocycles. The number of ketones is 1. The van der Waals surface area contributed by atoms with Crippen LogP contribution in [0, 0.1) is 13.8 Å². The van der Waals surface area contributed by atoms with Crippen LogP contribution in [0.3, 0.4) is 0 Å². The average Bonchev–Trinajstić information content (AvgIpc) is 2.60. The van der Waals surface area contributed by atoms with Crippen LogP contribution in [0.15, 0.2) is 24.3 Å². The van der Waals surface area contributed by atoms with Crippen molar-refractivity contribution in [2.24, 2.45) is 0 Å². The van der Waals surface area contributed by atoms with Crippen LogP contribution >= 0.6 is 11.6 Å². The largest absolute Gasteiger partial charge is 0.467 e. The number of ether oxygens (including phenoxy) is 2. The van der Waals surface area contributed by atoms with E-state index in [0.717, 1.165) is 11.1 Å². The predicted molar refractivity (Wildman–Crippen MR) is 110 cm³/mol. The Morgan fingerprint density at radius 1 is 1.11 bits per heavy atom. The number of benzene rings is 1. The van der Waals surface area contributed by atoms with Crippen molar-refractivity contribution in [3.63, 3.8) is 0 Å². The molecule has 0 spiro atoms. The number of aromatic nitrogens is 1. The highest BCUT2D eigenvalue weighted by atomic mass is 35.5. The summed E-state index contributed by atoms with van der Waals surface area (Å²) in [6.07, 6.45) is -0.983. The van der Waals surface area contributed by atoms with Crippen molar-refractivity contribution >= 4 is 23.4 Å². The van der Waals surface area contributed by atoms with Gasteiger partial charge in [0.05, 0.1) is 12.7 Å². The zero-order valence-corrected chi connectivity index (χ0v) is 18.1. The summed E-state index contributed by atoms with van der Waals surface area (Å²) in [5.74, 6) is -0.668.